The molecule has 2 aliphatic rings. The molecule has 0 aromatic carbocycles. The Labute approximate surface area is 142 Å². The number of hydrogen-bond donors (Lipinski definition) is 3. The summed E-state index contributed by atoms with van der Waals surface area (Å²) in [7, 11) is 0. The molecule has 1 aliphatic heterocycles. The highest BCUT2D eigenvalue weighted by atomic mass is 16.3. The van der Waals surface area contributed by atoms with Crippen LogP contribution in [-0.4, -0.2) is 52.8 Å². The number of aromatic nitrogens is 2. The summed E-state index contributed by atoms with van der Waals surface area (Å²) in [5.74, 6) is 1.65. The van der Waals surface area contributed by atoms with Crippen molar-refractivity contribution in [2.24, 2.45) is 0 Å². The Bertz CT molecular complexity index is 548. The number of amides is 1. The molecule has 7 nitrogen and oxygen atoms in total. The van der Waals surface area contributed by atoms with E-state index in [0.717, 1.165) is 43.9 Å². The Hall–Kier alpha value is -1.89. The van der Waals surface area contributed by atoms with Crippen molar-refractivity contribution >= 4 is 17.5 Å². The molecule has 1 aromatic heterocycles. The van der Waals surface area contributed by atoms with Gasteiger partial charge in [0.1, 0.15) is 18.0 Å². The number of rotatable bonds is 7. The first-order valence-electron chi connectivity index (χ1n) is 8.99. The SMILES string of the molecule is O=C(CCNc1cc(N2CCCC2CO)ncn1)NC1CCCC1. The number of anilines is 2. The number of nitrogens with zero attached hydrogens (tertiary/aromatic N) is 3. The topological polar surface area (TPSA) is 90.4 Å². The molecule has 2 fully saturated rings. The largest absolute Gasteiger partial charge is 0.394 e. The van der Waals surface area contributed by atoms with Crippen molar-refractivity contribution in [3.63, 3.8) is 0 Å². The van der Waals surface area contributed by atoms with Crippen LogP contribution >= 0.6 is 0 Å². The van der Waals surface area contributed by atoms with Crippen molar-refractivity contribution in [1.82, 2.24) is 15.3 Å². The van der Waals surface area contributed by atoms with Gasteiger partial charge >= 0.3 is 0 Å². The molecule has 7 heteroatoms. The molecule has 0 bridgehead atoms. The summed E-state index contributed by atoms with van der Waals surface area (Å²) in [6.45, 7) is 1.61. The summed E-state index contributed by atoms with van der Waals surface area (Å²) < 4.78 is 0. The van der Waals surface area contributed by atoms with Crippen LogP contribution in [0.2, 0.25) is 0 Å². The van der Waals surface area contributed by atoms with Crippen molar-refractivity contribution < 1.29 is 9.90 Å². The van der Waals surface area contributed by atoms with Gasteiger partial charge in [-0.15, -0.1) is 0 Å². The van der Waals surface area contributed by atoms with Crippen LogP contribution < -0.4 is 15.5 Å². The second kappa shape index (κ2) is 8.28. The summed E-state index contributed by atoms with van der Waals surface area (Å²) >= 11 is 0. The molecular formula is C17H27N5O2. The highest BCUT2D eigenvalue weighted by Gasteiger charge is 2.25. The molecule has 3 N–H and O–H groups in total. The van der Waals surface area contributed by atoms with E-state index in [1.807, 2.05) is 6.07 Å². The lowest BCUT2D eigenvalue weighted by Gasteiger charge is -2.24. The lowest BCUT2D eigenvalue weighted by molar-refractivity contribution is -0.121. The Kier molecular flexibility index (Phi) is 5.85. The van der Waals surface area contributed by atoms with Crippen LogP contribution in [0.25, 0.3) is 0 Å². The fourth-order valence-electron chi connectivity index (χ4n) is 3.60. The van der Waals surface area contributed by atoms with Gasteiger partial charge in [-0.3, -0.25) is 4.79 Å². The summed E-state index contributed by atoms with van der Waals surface area (Å²) in [5.41, 5.74) is 0. The van der Waals surface area contributed by atoms with Crippen LogP contribution in [0.3, 0.4) is 0 Å². The van der Waals surface area contributed by atoms with Crippen LogP contribution in [0, 0.1) is 0 Å². The predicted octanol–water partition coefficient (Wildman–Crippen LogP) is 1.30. The van der Waals surface area contributed by atoms with Gasteiger partial charge in [0.05, 0.1) is 12.6 Å². The van der Waals surface area contributed by atoms with Gasteiger partial charge in [-0.25, -0.2) is 9.97 Å². The van der Waals surface area contributed by atoms with E-state index in [9.17, 15) is 9.90 Å². The van der Waals surface area contributed by atoms with Crippen LogP contribution in [0.1, 0.15) is 44.9 Å². The molecule has 1 aliphatic carbocycles. The van der Waals surface area contributed by atoms with Gasteiger partial charge in [0.2, 0.25) is 5.91 Å². The van der Waals surface area contributed by atoms with E-state index in [1.54, 1.807) is 0 Å². The molecule has 1 saturated heterocycles. The summed E-state index contributed by atoms with van der Waals surface area (Å²) in [6, 6.07) is 2.40. The van der Waals surface area contributed by atoms with Gasteiger partial charge in [-0.1, -0.05) is 12.8 Å². The number of aliphatic hydroxyl groups is 1. The van der Waals surface area contributed by atoms with Crippen molar-refractivity contribution in [3.05, 3.63) is 12.4 Å². The van der Waals surface area contributed by atoms with Crippen molar-refractivity contribution in [2.75, 3.05) is 29.9 Å². The number of carbonyl (C=O) groups excluding carboxylic acids is 1. The molecule has 1 saturated carbocycles. The zero-order valence-electron chi connectivity index (χ0n) is 14.1. The van der Waals surface area contributed by atoms with E-state index in [4.69, 9.17) is 0 Å². The first-order valence-corrected chi connectivity index (χ1v) is 8.99. The lowest BCUT2D eigenvalue weighted by atomic mass is 10.2. The summed E-state index contributed by atoms with van der Waals surface area (Å²) in [4.78, 5) is 22.6. The first-order chi connectivity index (χ1) is 11.8. The van der Waals surface area contributed by atoms with Crippen molar-refractivity contribution in [3.8, 4) is 0 Å². The molecule has 2 heterocycles. The van der Waals surface area contributed by atoms with Gasteiger partial charge < -0.3 is 20.6 Å². The molecule has 1 aromatic rings. The number of carbonyl (C=O) groups is 1. The van der Waals surface area contributed by atoms with Crippen LogP contribution in [0.15, 0.2) is 12.4 Å². The zero-order valence-corrected chi connectivity index (χ0v) is 14.1. The van der Waals surface area contributed by atoms with Gasteiger partial charge in [-0.2, -0.15) is 0 Å². The van der Waals surface area contributed by atoms with E-state index >= 15 is 0 Å². The Morgan fingerprint density at radius 1 is 1.25 bits per heavy atom. The van der Waals surface area contributed by atoms with Gasteiger partial charge in [0, 0.05) is 31.6 Å². The third-order valence-corrected chi connectivity index (χ3v) is 4.91. The highest BCUT2D eigenvalue weighted by molar-refractivity contribution is 5.76. The van der Waals surface area contributed by atoms with Gasteiger partial charge in [0.15, 0.2) is 0 Å². The standard InChI is InChI=1S/C17H27N5O2/c23-11-14-6-3-9-22(14)16-10-15(19-12-20-16)18-8-7-17(24)21-13-4-1-2-5-13/h10,12-14,23H,1-9,11H2,(H,21,24)(H,18,19,20). The van der Waals surface area contributed by atoms with Crippen molar-refractivity contribution in [1.29, 1.82) is 0 Å². The summed E-state index contributed by atoms with van der Waals surface area (Å²) in [5, 5.41) is 15.7. The minimum absolute atomic E-state index is 0.101. The van der Waals surface area contributed by atoms with Crippen molar-refractivity contribution in [2.45, 2.75) is 57.0 Å². The molecule has 24 heavy (non-hydrogen) atoms. The Morgan fingerprint density at radius 2 is 2.08 bits per heavy atom. The average Bonchev–Trinajstić information content (AvgIpc) is 3.26. The maximum atomic E-state index is 11.9. The Morgan fingerprint density at radius 3 is 2.88 bits per heavy atom. The van der Waals surface area contributed by atoms with E-state index in [0.29, 0.717) is 19.0 Å². The van der Waals surface area contributed by atoms with Crippen LogP contribution in [-0.2, 0) is 4.79 Å². The maximum absolute atomic E-state index is 11.9. The maximum Gasteiger partial charge on any atom is 0.221 e. The van der Waals surface area contributed by atoms with E-state index in [-0.39, 0.29) is 18.6 Å². The number of nitrogens with one attached hydrogen (secondary N) is 2. The predicted molar refractivity (Wildman–Crippen MR) is 93.0 cm³/mol. The van der Waals surface area contributed by atoms with Crippen LogP contribution in [0.4, 0.5) is 11.6 Å². The molecule has 1 atom stereocenters. The third-order valence-electron chi connectivity index (χ3n) is 4.91. The summed E-state index contributed by atoms with van der Waals surface area (Å²) in [6.07, 6.45) is 8.69. The quantitative estimate of drug-likeness (QED) is 0.697. The van der Waals surface area contributed by atoms with E-state index in [1.165, 1.54) is 19.2 Å². The molecular weight excluding hydrogens is 306 g/mol. The van der Waals surface area contributed by atoms with E-state index in [2.05, 4.69) is 25.5 Å². The molecule has 3 rings (SSSR count). The molecule has 0 radical (unpaired) electrons. The fourth-order valence-corrected chi connectivity index (χ4v) is 3.60. The monoisotopic (exact) mass is 333 g/mol. The third kappa shape index (κ3) is 4.35. The minimum atomic E-state index is 0.101. The Balaban J connectivity index is 1.47. The number of hydrogen-bond acceptors (Lipinski definition) is 6. The van der Waals surface area contributed by atoms with Gasteiger partial charge in [-0.05, 0) is 25.7 Å². The molecule has 1 unspecified atom stereocenters. The highest BCUT2D eigenvalue weighted by Crippen LogP contribution is 2.24. The first kappa shape index (κ1) is 17.0. The molecule has 0 spiro atoms. The number of aliphatic hydroxyl groups excluding tert-OH is 1. The zero-order chi connectivity index (χ0) is 16.8. The second-order valence-corrected chi connectivity index (χ2v) is 6.66. The molecule has 132 valence electrons. The smallest absolute Gasteiger partial charge is 0.221 e. The normalized spacial score (nSPS) is 21.2. The minimum Gasteiger partial charge on any atom is -0.394 e. The lowest BCUT2D eigenvalue weighted by Crippen LogP contribution is -2.33. The molecule has 1 amide bonds. The van der Waals surface area contributed by atoms with Crippen LogP contribution in [0.5, 0.6) is 0 Å². The average molecular weight is 333 g/mol. The van der Waals surface area contributed by atoms with E-state index < -0.39 is 0 Å². The fraction of sp³-hybridized carbons (Fsp3) is 0.706. The van der Waals surface area contributed by atoms with Gasteiger partial charge in [0.25, 0.3) is 0 Å². The second-order valence-electron chi connectivity index (χ2n) is 6.66.